The van der Waals surface area contributed by atoms with Crippen molar-refractivity contribution in [3.05, 3.63) is 66.2 Å². The Morgan fingerprint density at radius 3 is 2.41 bits per heavy atom. The number of carbonyl (C=O) groups excluding carboxylic acids is 1. The molecule has 0 aliphatic carbocycles. The molecule has 5 nitrogen and oxygen atoms in total. The average Bonchev–Trinajstić information content (AvgIpc) is 2.76. The Balaban J connectivity index is 1.42. The summed E-state index contributed by atoms with van der Waals surface area (Å²) >= 11 is 0. The lowest BCUT2D eigenvalue weighted by atomic mass is 10.2. The van der Waals surface area contributed by atoms with Crippen LogP contribution in [0.25, 0.3) is 6.08 Å². The van der Waals surface area contributed by atoms with Crippen LogP contribution in [0.5, 0.6) is 5.75 Å². The average molecular weight is 396 g/mol. The molecule has 1 aliphatic heterocycles. The van der Waals surface area contributed by atoms with Crippen LogP contribution in [-0.2, 0) is 4.79 Å². The highest BCUT2D eigenvalue weighted by atomic mass is 16.5. The van der Waals surface area contributed by atoms with E-state index in [4.69, 9.17) is 4.74 Å². The largest absolute Gasteiger partial charge is 0.494 e. The minimum absolute atomic E-state index is 0.0528. The number of carbonyl (C=O) groups is 1. The number of anilines is 1. The Labute approximate surface area is 174 Å². The van der Waals surface area contributed by atoms with E-state index in [2.05, 4.69) is 41.7 Å². The molecule has 0 bridgehead atoms. The van der Waals surface area contributed by atoms with Gasteiger partial charge in [0.1, 0.15) is 31.9 Å². The third-order valence-electron chi connectivity index (χ3n) is 5.55. The van der Waals surface area contributed by atoms with E-state index in [-0.39, 0.29) is 11.9 Å². The number of hydrogen-bond donors (Lipinski definition) is 3. The Hall–Kier alpha value is -2.63. The molecule has 1 heterocycles. The van der Waals surface area contributed by atoms with Crippen LogP contribution in [-0.4, -0.2) is 51.3 Å². The van der Waals surface area contributed by atoms with Gasteiger partial charge in [-0.25, -0.2) is 0 Å². The Morgan fingerprint density at radius 2 is 1.76 bits per heavy atom. The third kappa shape index (κ3) is 6.44. The lowest BCUT2D eigenvalue weighted by molar-refractivity contribution is -1.02. The number of ether oxygens (including phenoxy) is 1. The van der Waals surface area contributed by atoms with Crippen LogP contribution in [0.1, 0.15) is 19.4 Å². The van der Waals surface area contributed by atoms with Gasteiger partial charge in [-0.3, -0.25) is 4.79 Å². The number of hydrogen-bond acceptors (Lipinski definition) is 2. The minimum Gasteiger partial charge on any atom is -0.494 e. The molecule has 0 unspecified atom stereocenters. The van der Waals surface area contributed by atoms with Crippen molar-refractivity contribution in [2.75, 3.05) is 44.6 Å². The first-order chi connectivity index (χ1) is 14.2. The number of rotatable bonds is 8. The molecule has 0 radical (unpaired) electrons. The van der Waals surface area contributed by atoms with Crippen LogP contribution in [0.15, 0.2) is 60.7 Å². The first-order valence-electron chi connectivity index (χ1n) is 10.6. The van der Waals surface area contributed by atoms with Gasteiger partial charge >= 0.3 is 0 Å². The second kappa shape index (κ2) is 10.8. The standard InChI is InChI=1S/C24H31N3O2/c1-3-29-23-13-11-22(12-14-23)25-24(28)20(2)27-18-16-26(17-19-27)15-7-10-21-8-5-4-6-9-21/h4-14,20H,3,15-19H2,1-2H3,(H,25,28)/p+2/b10-7+/t20-/m0/s1. The predicted molar refractivity (Wildman–Crippen MR) is 117 cm³/mol. The quantitative estimate of drug-likeness (QED) is 0.622. The van der Waals surface area contributed by atoms with E-state index in [1.54, 1.807) is 4.90 Å². The molecule has 2 aromatic carbocycles. The fraction of sp³-hybridized carbons (Fsp3) is 0.375. The highest BCUT2D eigenvalue weighted by molar-refractivity contribution is 5.93. The van der Waals surface area contributed by atoms with E-state index in [9.17, 15) is 4.79 Å². The highest BCUT2D eigenvalue weighted by Crippen LogP contribution is 2.15. The molecular weight excluding hydrogens is 362 g/mol. The van der Waals surface area contributed by atoms with E-state index in [0.717, 1.165) is 44.2 Å². The van der Waals surface area contributed by atoms with Gasteiger partial charge in [0.25, 0.3) is 5.91 Å². The zero-order valence-electron chi connectivity index (χ0n) is 17.5. The van der Waals surface area contributed by atoms with E-state index in [1.165, 1.54) is 10.5 Å². The van der Waals surface area contributed by atoms with Crippen molar-refractivity contribution in [3.8, 4) is 5.75 Å². The van der Waals surface area contributed by atoms with Gasteiger partial charge in [0.15, 0.2) is 6.04 Å². The van der Waals surface area contributed by atoms with Crippen molar-refractivity contribution in [1.82, 2.24) is 0 Å². The molecule has 1 aliphatic rings. The maximum absolute atomic E-state index is 12.7. The molecule has 0 aromatic heterocycles. The third-order valence-corrected chi connectivity index (χ3v) is 5.55. The summed E-state index contributed by atoms with van der Waals surface area (Å²) in [7, 11) is 0. The minimum atomic E-state index is -0.0528. The Morgan fingerprint density at radius 1 is 1.07 bits per heavy atom. The first kappa shape index (κ1) is 21.1. The number of nitrogens with one attached hydrogen (secondary N) is 3. The maximum Gasteiger partial charge on any atom is 0.282 e. The maximum atomic E-state index is 12.7. The topological polar surface area (TPSA) is 47.2 Å². The molecule has 154 valence electrons. The van der Waals surface area contributed by atoms with Crippen LogP contribution in [0.4, 0.5) is 5.69 Å². The molecule has 29 heavy (non-hydrogen) atoms. The van der Waals surface area contributed by atoms with Crippen LogP contribution >= 0.6 is 0 Å². The Kier molecular flexibility index (Phi) is 7.85. The fourth-order valence-electron chi connectivity index (χ4n) is 3.72. The molecule has 2 aromatic rings. The van der Waals surface area contributed by atoms with Gasteiger partial charge in [-0.15, -0.1) is 0 Å². The molecule has 3 N–H and O–H groups in total. The molecule has 0 spiro atoms. The summed E-state index contributed by atoms with van der Waals surface area (Å²) in [6.07, 6.45) is 4.46. The molecule has 0 saturated carbocycles. The van der Waals surface area contributed by atoms with Gasteiger partial charge in [0.2, 0.25) is 0 Å². The summed E-state index contributed by atoms with van der Waals surface area (Å²) in [4.78, 5) is 15.6. The number of benzene rings is 2. The van der Waals surface area contributed by atoms with E-state index in [0.29, 0.717) is 6.61 Å². The zero-order valence-corrected chi connectivity index (χ0v) is 17.5. The second-order valence-electron chi connectivity index (χ2n) is 7.59. The summed E-state index contributed by atoms with van der Waals surface area (Å²) in [5.41, 5.74) is 2.07. The highest BCUT2D eigenvalue weighted by Gasteiger charge is 2.30. The lowest BCUT2D eigenvalue weighted by Crippen LogP contribution is -3.29. The molecule has 1 atom stereocenters. The van der Waals surface area contributed by atoms with Crippen molar-refractivity contribution in [2.24, 2.45) is 0 Å². The van der Waals surface area contributed by atoms with Crippen LogP contribution < -0.4 is 19.9 Å². The number of quaternary nitrogens is 2. The van der Waals surface area contributed by atoms with E-state index >= 15 is 0 Å². The van der Waals surface area contributed by atoms with Crippen molar-refractivity contribution in [2.45, 2.75) is 19.9 Å². The fourth-order valence-corrected chi connectivity index (χ4v) is 3.72. The first-order valence-corrected chi connectivity index (χ1v) is 10.6. The monoisotopic (exact) mass is 395 g/mol. The van der Waals surface area contributed by atoms with Gasteiger partial charge < -0.3 is 19.9 Å². The summed E-state index contributed by atoms with van der Waals surface area (Å²) in [5, 5.41) is 3.04. The number of amides is 1. The molecule has 5 heteroatoms. The van der Waals surface area contributed by atoms with Gasteiger partial charge in [-0.1, -0.05) is 36.4 Å². The summed E-state index contributed by atoms with van der Waals surface area (Å²) in [5.74, 6) is 0.904. The van der Waals surface area contributed by atoms with Crippen LogP contribution in [0.2, 0.25) is 0 Å². The van der Waals surface area contributed by atoms with Gasteiger partial charge in [0.05, 0.1) is 13.2 Å². The summed E-state index contributed by atoms with van der Waals surface area (Å²) < 4.78 is 5.45. The molecule has 1 fully saturated rings. The van der Waals surface area contributed by atoms with Crippen molar-refractivity contribution in [1.29, 1.82) is 0 Å². The molecule has 1 saturated heterocycles. The zero-order chi connectivity index (χ0) is 20.5. The van der Waals surface area contributed by atoms with Crippen LogP contribution in [0.3, 0.4) is 0 Å². The van der Waals surface area contributed by atoms with Gasteiger partial charge in [-0.05, 0) is 49.8 Å². The van der Waals surface area contributed by atoms with E-state index in [1.807, 2.05) is 44.2 Å². The number of piperazine rings is 1. The predicted octanol–water partition coefficient (Wildman–Crippen LogP) is 0.909. The van der Waals surface area contributed by atoms with Gasteiger partial charge in [-0.2, -0.15) is 0 Å². The van der Waals surface area contributed by atoms with Crippen molar-refractivity contribution >= 4 is 17.7 Å². The molecule has 3 rings (SSSR count). The summed E-state index contributed by atoms with van der Waals surface area (Å²) in [6.45, 7) is 9.89. The van der Waals surface area contributed by atoms with Crippen molar-refractivity contribution < 1.29 is 19.3 Å². The second-order valence-corrected chi connectivity index (χ2v) is 7.59. The molecular formula is C24H33N3O2+2. The lowest BCUT2D eigenvalue weighted by Gasteiger charge is -2.32. The summed E-state index contributed by atoms with van der Waals surface area (Å²) in [6, 6.07) is 17.9. The smallest absolute Gasteiger partial charge is 0.282 e. The van der Waals surface area contributed by atoms with Crippen molar-refractivity contribution in [3.63, 3.8) is 0 Å². The van der Waals surface area contributed by atoms with E-state index < -0.39 is 0 Å². The SMILES string of the molecule is CCOc1ccc(NC(=O)[C@H](C)[NH+]2CC[NH+](C/C=C/c3ccccc3)CC2)cc1. The Bertz CT molecular complexity index is 782. The van der Waals surface area contributed by atoms with Crippen LogP contribution in [0, 0.1) is 0 Å². The normalized spacial score (nSPS) is 20.3. The molecule has 1 amide bonds. The van der Waals surface area contributed by atoms with Gasteiger partial charge in [0, 0.05) is 5.69 Å².